The van der Waals surface area contributed by atoms with Gasteiger partial charge in [0, 0.05) is 11.6 Å². The van der Waals surface area contributed by atoms with E-state index in [4.69, 9.17) is 4.74 Å². The number of pyridine rings is 1. The summed E-state index contributed by atoms with van der Waals surface area (Å²) in [7, 11) is 0. The number of aromatic nitrogens is 1. The SMILES string of the molecule is FCOc1cccc2ncccc12. The average Bonchev–Trinajstić information content (AvgIpc) is 2.19. The third kappa shape index (κ3) is 1.45. The van der Waals surface area contributed by atoms with Crippen molar-refractivity contribution in [2.45, 2.75) is 0 Å². The molecule has 0 atom stereocenters. The second kappa shape index (κ2) is 3.39. The number of hydrogen-bond acceptors (Lipinski definition) is 2. The van der Waals surface area contributed by atoms with E-state index in [1.54, 1.807) is 24.4 Å². The Morgan fingerprint density at radius 2 is 2.15 bits per heavy atom. The maximum absolute atomic E-state index is 12.0. The van der Waals surface area contributed by atoms with Gasteiger partial charge in [-0.1, -0.05) is 6.07 Å². The van der Waals surface area contributed by atoms with Gasteiger partial charge < -0.3 is 4.74 Å². The number of alkyl halides is 1. The Kier molecular flexibility index (Phi) is 2.08. The van der Waals surface area contributed by atoms with Crippen LogP contribution < -0.4 is 4.74 Å². The molecule has 0 saturated carbocycles. The summed E-state index contributed by atoms with van der Waals surface area (Å²) in [4.78, 5) is 4.12. The van der Waals surface area contributed by atoms with E-state index >= 15 is 0 Å². The van der Waals surface area contributed by atoms with Gasteiger partial charge in [-0.2, -0.15) is 0 Å². The lowest BCUT2D eigenvalue weighted by Gasteiger charge is -2.04. The number of ether oxygens (including phenoxy) is 1. The number of rotatable bonds is 2. The summed E-state index contributed by atoms with van der Waals surface area (Å²) in [5, 5.41) is 0.836. The molecule has 2 nitrogen and oxygen atoms in total. The molecule has 0 amide bonds. The first-order chi connectivity index (χ1) is 6.42. The van der Waals surface area contributed by atoms with Crippen LogP contribution in [-0.2, 0) is 0 Å². The third-order valence-electron chi connectivity index (χ3n) is 1.82. The summed E-state index contributed by atoms with van der Waals surface area (Å²) in [6.45, 7) is -0.812. The first-order valence-corrected chi connectivity index (χ1v) is 3.94. The average molecular weight is 177 g/mol. The molecule has 0 bridgehead atoms. The quantitative estimate of drug-likeness (QED) is 0.703. The molecule has 1 heterocycles. The smallest absolute Gasteiger partial charge is 0.228 e. The first-order valence-electron chi connectivity index (χ1n) is 3.94. The molecule has 1 aromatic carbocycles. The van der Waals surface area contributed by atoms with Gasteiger partial charge in [-0.3, -0.25) is 4.98 Å². The Bertz CT molecular complexity index is 411. The van der Waals surface area contributed by atoms with Crippen molar-refractivity contribution in [3.63, 3.8) is 0 Å². The van der Waals surface area contributed by atoms with Crippen molar-refractivity contribution in [2.75, 3.05) is 6.86 Å². The molecule has 0 unspecified atom stereocenters. The zero-order valence-corrected chi connectivity index (χ0v) is 6.90. The van der Waals surface area contributed by atoms with Crippen LogP contribution in [0.3, 0.4) is 0 Å². The van der Waals surface area contributed by atoms with Crippen LogP contribution >= 0.6 is 0 Å². The molecule has 0 spiro atoms. The predicted molar refractivity (Wildman–Crippen MR) is 48.3 cm³/mol. The third-order valence-corrected chi connectivity index (χ3v) is 1.82. The summed E-state index contributed by atoms with van der Waals surface area (Å²) < 4.78 is 16.8. The first kappa shape index (κ1) is 7.98. The highest BCUT2D eigenvalue weighted by Crippen LogP contribution is 2.23. The summed E-state index contributed by atoms with van der Waals surface area (Å²) in [6, 6.07) is 9.03. The van der Waals surface area contributed by atoms with Crippen molar-refractivity contribution in [1.29, 1.82) is 0 Å². The van der Waals surface area contributed by atoms with Gasteiger partial charge in [0.1, 0.15) is 5.75 Å². The minimum Gasteiger partial charge on any atom is -0.462 e. The zero-order valence-electron chi connectivity index (χ0n) is 6.90. The number of nitrogens with zero attached hydrogens (tertiary/aromatic N) is 1. The van der Waals surface area contributed by atoms with E-state index in [2.05, 4.69) is 4.98 Å². The Balaban J connectivity index is 2.61. The van der Waals surface area contributed by atoms with Gasteiger partial charge in [0.15, 0.2) is 0 Å². The molecule has 0 N–H and O–H groups in total. The van der Waals surface area contributed by atoms with Crippen LogP contribution in [0.1, 0.15) is 0 Å². The summed E-state index contributed by atoms with van der Waals surface area (Å²) in [6.07, 6.45) is 1.70. The lowest BCUT2D eigenvalue weighted by Crippen LogP contribution is -1.91. The van der Waals surface area contributed by atoms with Crippen molar-refractivity contribution >= 4 is 10.9 Å². The summed E-state index contributed by atoms with van der Waals surface area (Å²) in [5.41, 5.74) is 0.813. The van der Waals surface area contributed by atoms with Gasteiger partial charge in [-0.25, -0.2) is 4.39 Å². The van der Waals surface area contributed by atoms with Crippen molar-refractivity contribution in [2.24, 2.45) is 0 Å². The van der Waals surface area contributed by atoms with E-state index in [0.717, 1.165) is 10.9 Å². The Morgan fingerprint density at radius 3 is 3.00 bits per heavy atom. The van der Waals surface area contributed by atoms with E-state index in [9.17, 15) is 4.39 Å². The van der Waals surface area contributed by atoms with Crippen LogP contribution in [0, 0.1) is 0 Å². The van der Waals surface area contributed by atoms with Gasteiger partial charge in [0.2, 0.25) is 6.86 Å². The molecule has 0 aliphatic rings. The Labute approximate surface area is 75.0 Å². The van der Waals surface area contributed by atoms with Crippen LogP contribution in [0.15, 0.2) is 36.5 Å². The van der Waals surface area contributed by atoms with Crippen molar-refractivity contribution < 1.29 is 9.13 Å². The van der Waals surface area contributed by atoms with Crippen LogP contribution in [0.4, 0.5) is 4.39 Å². The number of hydrogen-bond donors (Lipinski definition) is 0. The molecule has 13 heavy (non-hydrogen) atoms. The fourth-order valence-electron chi connectivity index (χ4n) is 1.26. The van der Waals surface area contributed by atoms with E-state index < -0.39 is 6.86 Å². The molecule has 1 aromatic heterocycles. The van der Waals surface area contributed by atoms with Crippen molar-refractivity contribution in [1.82, 2.24) is 4.98 Å². The monoisotopic (exact) mass is 177 g/mol. The van der Waals surface area contributed by atoms with Crippen LogP contribution in [0.5, 0.6) is 5.75 Å². The molecule has 2 aromatic rings. The van der Waals surface area contributed by atoms with Gasteiger partial charge in [-0.05, 0) is 24.3 Å². The highest BCUT2D eigenvalue weighted by molar-refractivity contribution is 5.84. The topological polar surface area (TPSA) is 22.1 Å². The van der Waals surface area contributed by atoms with Gasteiger partial charge >= 0.3 is 0 Å². The lowest BCUT2D eigenvalue weighted by molar-refractivity contribution is 0.194. The van der Waals surface area contributed by atoms with E-state index in [0.29, 0.717) is 5.75 Å². The van der Waals surface area contributed by atoms with Gasteiger partial charge in [-0.15, -0.1) is 0 Å². The zero-order chi connectivity index (χ0) is 9.10. The summed E-state index contributed by atoms with van der Waals surface area (Å²) >= 11 is 0. The molecule has 0 aliphatic heterocycles. The largest absolute Gasteiger partial charge is 0.462 e. The van der Waals surface area contributed by atoms with Crippen molar-refractivity contribution in [3.05, 3.63) is 36.5 Å². The number of benzene rings is 1. The van der Waals surface area contributed by atoms with E-state index in [1.807, 2.05) is 12.1 Å². The standard InChI is InChI=1S/C10H8FNO/c11-7-13-10-5-1-4-9-8(10)3-2-6-12-9/h1-6H,7H2. The van der Waals surface area contributed by atoms with E-state index in [1.165, 1.54) is 0 Å². The number of halogens is 1. The van der Waals surface area contributed by atoms with Gasteiger partial charge in [0.25, 0.3) is 0 Å². The number of fused-ring (bicyclic) bond motifs is 1. The molecule has 3 heteroatoms. The second-order valence-electron chi connectivity index (χ2n) is 2.58. The van der Waals surface area contributed by atoms with Crippen LogP contribution in [-0.4, -0.2) is 11.8 Å². The highest BCUT2D eigenvalue weighted by Gasteiger charge is 2.00. The fourth-order valence-corrected chi connectivity index (χ4v) is 1.26. The maximum Gasteiger partial charge on any atom is 0.228 e. The normalized spacial score (nSPS) is 10.2. The van der Waals surface area contributed by atoms with E-state index in [-0.39, 0.29) is 0 Å². The fraction of sp³-hybridized carbons (Fsp3) is 0.100. The maximum atomic E-state index is 12.0. The minimum atomic E-state index is -0.812. The predicted octanol–water partition coefficient (Wildman–Crippen LogP) is 2.54. The van der Waals surface area contributed by atoms with Crippen LogP contribution in [0.25, 0.3) is 10.9 Å². The second-order valence-corrected chi connectivity index (χ2v) is 2.58. The molecular formula is C10H8FNO. The Hall–Kier alpha value is -1.64. The van der Waals surface area contributed by atoms with Crippen LogP contribution in [0.2, 0.25) is 0 Å². The molecule has 0 fully saturated rings. The molecule has 0 radical (unpaired) electrons. The van der Waals surface area contributed by atoms with Gasteiger partial charge in [0.05, 0.1) is 5.52 Å². The highest BCUT2D eigenvalue weighted by atomic mass is 19.1. The summed E-state index contributed by atoms with van der Waals surface area (Å²) in [5.74, 6) is 0.535. The Morgan fingerprint density at radius 1 is 1.23 bits per heavy atom. The molecular weight excluding hydrogens is 169 g/mol. The molecule has 2 rings (SSSR count). The molecule has 66 valence electrons. The lowest BCUT2D eigenvalue weighted by atomic mass is 10.2. The van der Waals surface area contributed by atoms with Crippen molar-refractivity contribution in [3.8, 4) is 5.75 Å². The minimum absolute atomic E-state index is 0.535. The molecule has 0 saturated heterocycles. The molecule has 0 aliphatic carbocycles.